The molecule has 0 saturated heterocycles. The predicted octanol–water partition coefficient (Wildman–Crippen LogP) is 2.94. The van der Waals surface area contributed by atoms with Gasteiger partial charge >= 0.3 is 0 Å². The van der Waals surface area contributed by atoms with Crippen molar-refractivity contribution in [2.24, 2.45) is 0 Å². The van der Waals surface area contributed by atoms with Crippen molar-refractivity contribution in [1.29, 1.82) is 0 Å². The van der Waals surface area contributed by atoms with Crippen LogP contribution < -0.4 is 5.32 Å². The second-order valence-corrected chi connectivity index (χ2v) is 5.87. The molecule has 1 N–H and O–H groups in total. The number of hydrogen-bond acceptors (Lipinski definition) is 3. The summed E-state index contributed by atoms with van der Waals surface area (Å²) in [6, 6.07) is 6.77. The molecule has 1 aromatic rings. The molecule has 0 aliphatic heterocycles. The number of benzene rings is 1. The van der Waals surface area contributed by atoms with Crippen LogP contribution in [0.1, 0.15) is 27.7 Å². The summed E-state index contributed by atoms with van der Waals surface area (Å²) in [6.45, 7) is 7.36. The SMILES string of the molecule is CC.CNc1ccc(S(=O)(=O)C(C)C)cc1. The first-order valence-electron chi connectivity index (χ1n) is 5.50. The van der Waals surface area contributed by atoms with E-state index in [2.05, 4.69) is 5.32 Å². The number of sulfone groups is 1. The van der Waals surface area contributed by atoms with E-state index in [4.69, 9.17) is 0 Å². The Hall–Kier alpha value is -1.03. The first-order chi connectivity index (χ1) is 7.48. The van der Waals surface area contributed by atoms with E-state index in [0.717, 1.165) is 5.69 Å². The highest BCUT2D eigenvalue weighted by Gasteiger charge is 2.18. The summed E-state index contributed by atoms with van der Waals surface area (Å²) in [4.78, 5) is 0.381. The Morgan fingerprint density at radius 3 is 1.81 bits per heavy atom. The Morgan fingerprint density at radius 1 is 1.06 bits per heavy atom. The van der Waals surface area contributed by atoms with Crippen molar-refractivity contribution in [3.8, 4) is 0 Å². The van der Waals surface area contributed by atoms with E-state index in [1.807, 2.05) is 13.8 Å². The summed E-state index contributed by atoms with van der Waals surface area (Å²) in [5.74, 6) is 0. The molecule has 0 unspecified atom stereocenters. The van der Waals surface area contributed by atoms with E-state index in [1.54, 1.807) is 45.2 Å². The average molecular weight is 243 g/mol. The highest BCUT2D eigenvalue weighted by molar-refractivity contribution is 7.92. The van der Waals surface area contributed by atoms with Gasteiger partial charge in [0.25, 0.3) is 0 Å². The quantitative estimate of drug-likeness (QED) is 0.888. The third kappa shape index (κ3) is 3.52. The van der Waals surface area contributed by atoms with Crippen molar-refractivity contribution in [3.63, 3.8) is 0 Å². The van der Waals surface area contributed by atoms with Gasteiger partial charge in [-0.25, -0.2) is 8.42 Å². The molecular formula is C12H21NO2S. The van der Waals surface area contributed by atoms with Gasteiger partial charge in [-0.15, -0.1) is 0 Å². The minimum atomic E-state index is -3.13. The Bertz CT molecular complexity index is 394. The zero-order valence-corrected chi connectivity index (χ0v) is 11.4. The first-order valence-corrected chi connectivity index (χ1v) is 7.05. The maximum atomic E-state index is 11.7. The third-order valence-corrected chi connectivity index (χ3v) is 4.26. The monoisotopic (exact) mass is 243 g/mol. The fourth-order valence-corrected chi connectivity index (χ4v) is 2.14. The molecule has 0 bridgehead atoms. The highest BCUT2D eigenvalue weighted by Crippen LogP contribution is 2.17. The lowest BCUT2D eigenvalue weighted by Crippen LogP contribution is -2.13. The van der Waals surface area contributed by atoms with Gasteiger partial charge in [0.05, 0.1) is 10.1 Å². The van der Waals surface area contributed by atoms with Gasteiger partial charge in [-0.2, -0.15) is 0 Å². The minimum absolute atomic E-state index is 0.372. The number of anilines is 1. The molecule has 0 aliphatic rings. The molecule has 1 rings (SSSR count). The van der Waals surface area contributed by atoms with Crippen molar-refractivity contribution in [2.45, 2.75) is 37.8 Å². The maximum absolute atomic E-state index is 11.7. The number of rotatable bonds is 3. The van der Waals surface area contributed by atoms with Crippen LogP contribution >= 0.6 is 0 Å². The fourth-order valence-electron chi connectivity index (χ4n) is 1.08. The smallest absolute Gasteiger partial charge is 0.180 e. The Kier molecular flexibility index (Phi) is 6.11. The van der Waals surface area contributed by atoms with Crippen LogP contribution in [-0.4, -0.2) is 20.7 Å². The number of hydrogen-bond donors (Lipinski definition) is 1. The van der Waals surface area contributed by atoms with Crippen LogP contribution in [0.25, 0.3) is 0 Å². The van der Waals surface area contributed by atoms with Crippen molar-refractivity contribution >= 4 is 15.5 Å². The Morgan fingerprint density at radius 2 is 1.50 bits per heavy atom. The summed E-state index contributed by atoms with van der Waals surface area (Å²) >= 11 is 0. The van der Waals surface area contributed by atoms with E-state index < -0.39 is 9.84 Å². The molecule has 0 amide bonds. The molecule has 0 aromatic heterocycles. The summed E-state index contributed by atoms with van der Waals surface area (Å²) in [6.07, 6.45) is 0. The molecule has 3 nitrogen and oxygen atoms in total. The van der Waals surface area contributed by atoms with Crippen molar-refractivity contribution in [1.82, 2.24) is 0 Å². The summed E-state index contributed by atoms with van der Waals surface area (Å²) < 4.78 is 23.4. The largest absolute Gasteiger partial charge is 0.388 e. The molecule has 0 spiro atoms. The molecule has 0 fully saturated rings. The molecule has 1 aromatic carbocycles. The topological polar surface area (TPSA) is 46.2 Å². The second kappa shape index (κ2) is 6.53. The van der Waals surface area contributed by atoms with Gasteiger partial charge in [0.2, 0.25) is 0 Å². The van der Waals surface area contributed by atoms with Gasteiger partial charge in [0.1, 0.15) is 0 Å². The van der Waals surface area contributed by atoms with Gasteiger partial charge < -0.3 is 5.32 Å². The molecule has 0 heterocycles. The standard InChI is InChI=1S/C10H15NO2S.C2H6/c1-8(2)14(12,13)10-6-4-9(11-3)5-7-10;1-2/h4-8,11H,1-3H3;1-2H3. The Balaban J connectivity index is 0.00000106. The van der Waals surface area contributed by atoms with E-state index >= 15 is 0 Å². The van der Waals surface area contributed by atoms with E-state index in [0.29, 0.717) is 4.90 Å². The summed E-state index contributed by atoms with van der Waals surface area (Å²) in [5, 5.41) is 2.57. The van der Waals surface area contributed by atoms with Crippen LogP contribution in [0.3, 0.4) is 0 Å². The second-order valence-electron chi connectivity index (χ2n) is 3.37. The van der Waals surface area contributed by atoms with Crippen molar-refractivity contribution < 1.29 is 8.42 Å². The minimum Gasteiger partial charge on any atom is -0.388 e. The summed E-state index contributed by atoms with van der Waals surface area (Å²) in [5.41, 5.74) is 0.910. The van der Waals surface area contributed by atoms with Gasteiger partial charge in [0.15, 0.2) is 9.84 Å². The molecule has 4 heteroatoms. The lowest BCUT2D eigenvalue weighted by Gasteiger charge is -2.08. The zero-order chi connectivity index (χ0) is 12.8. The van der Waals surface area contributed by atoms with Crippen LogP contribution in [0.15, 0.2) is 29.2 Å². The van der Waals surface area contributed by atoms with Gasteiger partial charge in [-0.05, 0) is 38.1 Å². The molecule has 92 valence electrons. The third-order valence-electron chi connectivity index (χ3n) is 2.09. The molecule has 0 radical (unpaired) electrons. The number of nitrogens with one attached hydrogen (secondary N) is 1. The zero-order valence-electron chi connectivity index (χ0n) is 10.6. The van der Waals surface area contributed by atoms with Crippen molar-refractivity contribution in [2.75, 3.05) is 12.4 Å². The van der Waals surface area contributed by atoms with Gasteiger partial charge in [-0.3, -0.25) is 0 Å². The summed E-state index contributed by atoms with van der Waals surface area (Å²) in [7, 11) is -1.33. The average Bonchev–Trinajstić information content (AvgIpc) is 2.31. The molecular weight excluding hydrogens is 222 g/mol. The molecule has 0 aliphatic carbocycles. The van der Waals surface area contributed by atoms with Crippen molar-refractivity contribution in [3.05, 3.63) is 24.3 Å². The van der Waals surface area contributed by atoms with E-state index in [9.17, 15) is 8.42 Å². The molecule has 16 heavy (non-hydrogen) atoms. The molecule has 0 atom stereocenters. The van der Waals surface area contributed by atoms with Gasteiger partial charge in [-0.1, -0.05) is 13.8 Å². The normalized spacial score (nSPS) is 10.6. The lowest BCUT2D eigenvalue weighted by atomic mass is 10.3. The van der Waals surface area contributed by atoms with E-state index in [1.165, 1.54) is 0 Å². The van der Waals surface area contributed by atoms with Crippen LogP contribution in [-0.2, 0) is 9.84 Å². The van der Waals surface area contributed by atoms with Crippen LogP contribution in [0.2, 0.25) is 0 Å². The van der Waals surface area contributed by atoms with Crippen LogP contribution in [0, 0.1) is 0 Å². The van der Waals surface area contributed by atoms with Crippen LogP contribution in [0.5, 0.6) is 0 Å². The first kappa shape index (κ1) is 15.0. The van der Waals surface area contributed by atoms with E-state index in [-0.39, 0.29) is 5.25 Å². The predicted molar refractivity (Wildman–Crippen MR) is 69.7 cm³/mol. The maximum Gasteiger partial charge on any atom is 0.180 e. The highest BCUT2D eigenvalue weighted by atomic mass is 32.2. The molecule has 0 saturated carbocycles. The van der Waals surface area contributed by atoms with Crippen LogP contribution in [0.4, 0.5) is 5.69 Å². The Labute approximate surface area is 98.8 Å². The van der Waals surface area contributed by atoms with Gasteiger partial charge in [0, 0.05) is 12.7 Å². The lowest BCUT2D eigenvalue weighted by molar-refractivity contribution is 0.587. The fraction of sp³-hybridized carbons (Fsp3) is 0.500.